The highest BCUT2D eigenvalue weighted by Crippen LogP contribution is 2.08. The number of hydrogen-bond acceptors (Lipinski definition) is 2. The highest BCUT2D eigenvalue weighted by Gasteiger charge is 2.17. The van der Waals surface area contributed by atoms with E-state index < -0.39 is 0 Å². The number of likely N-dealkylation sites (tertiary alicyclic amines) is 1. The number of rotatable bonds is 2. The van der Waals surface area contributed by atoms with E-state index in [0.717, 1.165) is 25.9 Å². The van der Waals surface area contributed by atoms with E-state index in [1.165, 1.54) is 6.42 Å². The van der Waals surface area contributed by atoms with E-state index in [1.54, 1.807) is 0 Å². The van der Waals surface area contributed by atoms with Gasteiger partial charge in [-0.05, 0) is 26.2 Å². The Morgan fingerprint density at radius 2 is 2.14 bits per heavy atom. The molecule has 1 atom stereocenters. The first-order valence-corrected chi connectivity index (χ1v) is 5.16. The number of urea groups is 1. The molecule has 4 heteroatoms. The smallest absolute Gasteiger partial charge is 0.317 e. The summed E-state index contributed by atoms with van der Waals surface area (Å²) in [4.78, 5) is 13.4. The average Bonchev–Trinajstić information content (AvgIpc) is 2.19. The summed E-state index contributed by atoms with van der Waals surface area (Å²) < 4.78 is 0. The van der Waals surface area contributed by atoms with Crippen LogP contribution in [0.5, 0.6) is 0 Å². The second-order valence-corrected chi connectivity index (χ2v) is 3.76. The predicted octanol–water partition coefficient (Wildman–Crippen LogP) is 1.48. The van der Waals surface area contributed by atoms with Gasteiger partial charge in [-0.15, -0.1) is 0 Å². The van der Waals surface area contributed by atoms with Crippen LogP contribution in [0, 0.1) is 11.3 Å². The zero-order chi connectivity index (χ0) is 10.4. The summed E-state index contributed by atoms with van der Waals surface area (Å²) in [5, 5.41) is 11.3. The Bertz CT molecular complexity index is 228. The molecule has 2 amide bonds. The van der Waals surface area contributed by atoms with Gasteiger partial charge in [0.1, 0.15) is 0 Å². The quantitative estimate of drug-likeness (QED) is 0.725. The van der Waals surface area contributed by atoms with Gasteiger partial charge in [0.2, 0.25) is 0 Å². The standard InChI is InChI=1S/C10H17N3O/c1-9(5-6-11)12-10(14)13-7-3-2-4-8-13/h9H,2-5,7-8H2,1H3,(H,12,14). The fourth-order valence-electron chi connectivity index (χ4n) is 1.59. The summed E-state index contributed by atoms with van der Waals surface area (Å²) in [5.74, 6) is 0. The van der Waals surface area contributed by atoms with Crippen molar-refractivity contribution in [1.82, 2.24) is 10.2 Å². The van der Waals surface area contributed by atoms with Gasteiger partial charge in [0.25, 0.3) is 0 Å². The molecule has 1 fully saturated rings. The second kappa shape index (κ2) is 5.48. The van der Waals surface area contributed by atoms with E-state index in [9.17, 15) is 4.79 Å². The van der Waals surface area contributed by atoms with Crippen molar-refractivity contribution in [3.05, 3.63) is 0 Å². The first-order chi connectivity index (χ1) is 6.74. The van der Waals surface area contributed by atoms with Crippen LogP contribution in [0.3, 0.4) is 0 Å². The summed E-state index contributed by atoms with van der Waals surface area (Å²) >= 11 is 0. The molecule has 78 valence electrons. The fourth-order valence-corrected chi connectivity index (χ4v) is 1.59. The number of nitrogens with zero attached hydrogens (tertiary/aromatic N) is 2. The SMILES string of the molecule is CC(CC#N)NC(=O)N1CCCCC1. The Kier molecular flexibility index (Phi) is 4.24. The van der Waals surface area contributed by atoms with Gasteiger partial charge in [-0.2, -0.15) is 5.26 Å². The lowest BCUT2D eigenvalue weighted by Crippen LogP contribution is -2.45. The molecule has 1 N–H and O–H groups in total. The molecule has 0 aromatic carbocycles. The molecule has 0 radical (unpaired) electrons. The van der Waals surface area contributed by atoms with Crippen LogP contribution < -0.4 is 5.32 Å². The third-order valence-electron chi connectivity index (χ3n) is 2.41. The molecule has 0 spiro atoms. The molecular weight excluding hydrogens is 178 g/mol. The van der Waals surface area contributed by atoms with Crippen molar-refractivity contribution in [2.45, 2.75) is 38.6 Å². The molecular formula is C10H17N3O. The summed E-state index contributed by atoms with van der Waals surface area (Å²) in [5.41, 5.74) is 0. The zero-order valence-corrected chi connectivity index (χ0v) is 8.62. The minimum atomic E-state index is -0.0468. The van der Waals surface area contributed by atoms with E-state index >= 15 is 0 Å². The van der Waals surface area contributed by atoms with Crippen LogP contribution in [0.1, 0.15) is 32.6 Å². The first kappa shape index (κ1) is 10.8. The summed E-state index contributed by atoms with van der Waals surface area (Å²) in [7, 11) is 0. The minimum absolute atomic E-state index is 0.0209. The molecule has 1 rings (SSSR count). The summed E-state index contributed by atoms with van der Waals surface area (Å²) in [6.07, 6.45) is 3.79. The van der Waals surface area contributed by atoms with E-state index in [-0.39, 0.29) is 12.1 Å². The number of hydrogen-bond donors (Lipinski definition) is 1. The van der Waals surface area contributed by atoms with E-state index in [2.05, 4.69) is 5.32 Å². The van der Waals surface area contributed by atoms with Gasteiger partial charge in [0.15, 0.2) is 0 Å². The molecule has 1 aliphatic heterocycles. The van der Waals surface area contributed by atoms with E-state index in [0.29, 0.717) is 6.42 Å². The lowest BCUT2D eigenvalue weighted by molar-refractivity contribution is 0.183. The Balaban J connectivity index is 2.30. The minimum Gasteiger partial charge on any atom is -0.335 e. The molecule has 0 saturated carbocycles. The Morgan fingerprint density at radius 1 is 1.50 bits per heavy atom. The Labute approximate surface area is 84.9 Å². The topological polar surface area (TPSA) is 56.1 Å². The molecule has 1 unspecified atom stereocenters. The molecule has 14 heavy (non-hydrogen) atoms. The molecule has 0 bridgehead atoms. The molecule has 4 nitrogen and oxygen atoms in total. The van der Waals surface area contributed by atoms with Crippen LogP contribution in [0.4, 0.5) is 4.79 Å². The van der Waals surface area contributed by atoms with E-state index in [1.807, 2.05) is 17.9 Å². The van der Waals surface area contributed by atoms with Gasteiger partial charge in [-0.1, -0.05) is 0 Å². The van der Waals surface area contributed by atoms with Crippen LogP contribution in [0.25, 0.3) is 0 Å². The number of carbonyl (C=O) groups excluding carboxylic acids is 1. The highest BCUT2D eigenvalue weighted by atomic mass is 16.2. The zero-order valence-electron chi connectivity index (χ0n) is 8.62. The third-order valence-corrected chi connectivity index (χ3v) is 2.41. The van der Waals surface area contributed by atoms with Crippen LogP contribution in [0.2, 0.25) is 0 Å². The number of nitrogens with one attached hydrogen (secondary N) is 1. The molecule has 0 aromatic rings. The number of nitriles is 1. The summed E-state index contributed by atoms with van der Waals surface area (Å²) in [6.45, 7) is 3.56. The van der Waals surface area contributed by atoms with Crippen LogP contribution in [-0.4, -0.2) is 30.1 Å². The normalized spacial score (nSPS) is 18.4. The fraction of sp³-hybridized carbons (Fsp3) is 0.800. The summed E-state index contributed by atoms with van der Waals surface area (Å²) in [6, 6.07) is 1.97. The first-order valence-electron chi connectivity index (χ1n) is 5.16. The van der Waals surface area contributed by atoms with E-state index in [4.69, 9.17) is 5.26 Å². The predicted molar refractivity (Wildman–Crippen MR) is 53.6 cm³/mol. The average molecular weight is 195 g/mol. The maximum atomic E-state index is 11.6. The van der Waals surface area contributed by atoms with Crippen molar-refractivity contribution in [2.75, 3.05) is 13.1 Å². The molecule has 1 heterocycles. The van der Waals surface area contributed by atoms with Crippen molar-refractivity contribution >= 4 is 6.03 Å². The molecule has 0 aliphatic carbocycles. The van der Waals surface area contributed by atoms with Gasteiger partial charge in [-0.3, -0.25) is 0 Å². The maximum absolute atomic E-state index is 11.6. The lowest BCUT2D eigenvalue weighted by Gasteiger charge is -2.27. The monoisotopic (exact) mass is 195 g/mol. The Morgan fingerprint density at radius 3 is 2.71 bits per heavy atom. The number of carbonyl (C=O) groups is 1. The number of piperidine rings is 1. The highest BCUT2D eigenvalue weighted by molar-refractivity contribution is 5.74. The molecule has 0 aromatic heterocycles. The Hall–Kier alpha value is -1.24. The molecule has 1 saturated heterocycles. The van der Waals surface area contributed by atoms with Gasteiger partial charge in [-0.25, -0.2) is 4.79 Å². The molecule has 1 aliphatic rings. The third kappa shape index (κ3) is 3.25. The van der Waals surface area contributed by atoms with Gasteiger partial charge in [0.05, 0.1) is 12.5 Å². The van der Waals surface area contributed by atoms with Crippen LogP contribution >= 0.6 is 0 Å². The van der Waals surface area contributed by atoms with Gasteiger partial charge < -0.3 is 10.2 Å². The largest absolute Gasteiger partial charge is 0.335 e. The van der Waals surface area contributed by atoms with Crippen LogP contribution in [0.15, 0.2) is 0 Å². The van der Waals surface area contributed by atoms with Crippen molar-refractivity contribution in [3.63, 3.8) is 0 Å². The second-order valence-electron chi connectivity index (χ2n) is 3.76. The van der Waals surface area contributed by atoms with Crippen molar-refractivity contribution in [1.29, 1.82) is 5.26 Å². The van der Waals surface area contributed by atoms with Crippen molar-refractivity contribution < 1.29 is 4.79 Å². The van der Waals surface area contributed by atoms with Crippen molar-refractivity contribution in [2.24, 2.45) is 0 Å². The maximum Gasteiger partial charge on any atom is 0.317 e. The van der Waals surface area contributed by atoms with Gasteiger partial charge >= 0.3 is 6.03 Å². The van der Waals surface area contributed by atoms with Crippen molar-refractivity contribution in [3.8, 4) is 6.07 Å². The lowest BCUT2D eigenvalue weighted by atomic mass is 10.1. The van der Waals surface area contributed by atoms with Gasteiger partial charge in [0, 0.05) is 19.1 Å². The number of amides is 2. The van der Waals surface area contributed by atoms with Crippen LogP contribution in [-0.2, 0) is 0 Å².